The molecule has 0 aromatic heterocycles. The highest BCUT2D eigenvalue weighted by atomic mass is 16.5. The van der Waals surface area contributed by atoms with Crippen molar-refractivity contribution in [2.75, 3.05) is 6.61 Å². The zero-order valence-electron chi connectivity index (χ0n) is 9.33. The number of allylic oxidation sites excluding steroid dienone is 2. The van der Waals surface area contributed by atoms with Crippen LogP contribution in [0.4, 0.5) is 0 Å². The minimum absolute atomic E-state index is 0.146. The molecule has 0 aliphatic carbocycles. The first-order valence-corrected chi connectivity index (χ1v) is 4.82. The van der Waals surface area contributed by atoms with Crippen LogP contribution in [0.3, 0.4) is 0 Å². The molecule has 0 N–H and O–H groups in total. The van der Waals surface area contributed by atoms with Crippen molar-refractivity contribution in [3.63, 3.8) is 0 Å². The van der Waals surface area contributed by atoms with E-state index in [4.69, 9.17) is 0 Å². The molecule has 0 atom stereocenters. The normalized spacial score (nSPS) is 9.27. The van der Waals surface area contributed by atoms with Crippen LogP contribution >= 0.6 is 0 Å². The van der Waals surface area contributed by atoms with Crippen molar-refractivity contribution in [2.24, 2.45) is 0 Å². The van der Waals surface area contributed by atoms with E-state index >= 15 is 0 Å². The first-order chi connectivity index (χ1) is 6.97. The molecule has 4 nitrogen and oxygen atoms in total. The fourth-order valence-corrected chi connectivity index (χ4v) is 0.853. The van der Waals surface area contributed by atoms with Gasteiger partial charge in [0.2, 0.25) is 5.78 Å². The molecule has 0 fully saturated rings. The van der Waals surface area contributed by atoms with Gasteiger partial charge in [-0.2, -0.15) is 0 Å². The zero-order valence-corrected chi connectivity index (χ0v) is 9.33. The molecule has 4 heteroatoms. The van der Waals surface area contributed by atoms with Crippen LogP contribution in [0.1, 0.15) is 33.6 Å². The third-order valence-corrected chi connectivity index (χ3v) is 1.60. The summed E-state index contributed by atoms with van der Waals surface area (Å²) in [6, 6.07) is 0. The molecule has 0 aliphatic rings. The highest BCUT2D eigenvalue weighted by Crippen LogP contribution is 1.98. The molecule has 0 aromatic rings. The number of hydrogen-bond acceptors (Lipinski definition) is 4. The van der Waals surface area contributed by atoms with Crippen LogP contribution in [0.5, 0.6) is 0 Å². The lowest BCUT2D eigenvalue weighted by atomic mass is 10.1. The highest BCUT2D eigenvalue weighted by molar-refractivity contribution is 6.37. The minimum atomic E-state index is -0.928. The SMILES string of the molecule is CCOC(=O)C(=O)CC(=O)CC=C(C)C. The van der Waals surface area contributed by atoms with E-state index in [1.165, 1.54) is 0 Å². The molecule has 0 bridgehead atoms. The Balaban J connectivity index is 4.02. The van der Waals surface area contributed by atoms with Gasteiger partial charge in [0.05, 0.1) is 13.0 Å². The number of hydrogen-bond donors (Lipinski definition) is 0. The van der Waals surface area contributed by atoms with Crippen LogP contribution in [0, 0.1) is 0 Å². The van der Waals surface area contributed by atoms with Crippen LogP contribution in [0.15, 0.2) is 11.6 Å². The molecule has 0 spiro atoms. The van der Waals surface area contributed by atoms with E-state index < -0.39 is 11.8 Å². The maximum Gasteiger partial charge on any atom is 0.375 e. The van der Waals surface area contributed by atoms with Crippen LogP contribution in [-0.2, 0) is 19.1 Å². The van der Waals surface area contributed by atoms with Crippen LogP contribution in [0.2, 0.25) is 0 Å². The van der Waals surface area contributed by atoms with E-state index in [1.807, 2.05) is 13.8 Å². The summed E-state index contributed by atoms with van der Waals surface area (Å²) in [7, 11) is 0. The van der Waals surface area contributed by atoms with Gasteiger partial charge in [0, 0.05) is 6.42 Å². The molecule has 0 saturated heterocycles. The van der Waals surface area contributed by atoms with Crippen LogP contribution in [0.25, 0.3) is 0 Å². The van der Waals surface area contributed by atoms with E-state index in [-0.39, 0.29) is 25.2 Å². The first kappa shape index (κ1) is 13.5. The summed E-state index contributed by atoms with van der Waals surface area (Å²) in [5.41, 5.74) is 1.01. The molecule has 0 aromatic carbocycles. The van der Waals surface area contributed by atoms with Gasteiger partial charge in [0.15, 0.2) is 0 Å². The van der Waals surface area contributed by atoms with Crippen molar-refractivity contribution in [2.45, 2.75) is 33.6 Å². The third-order valence-electron chi connectivity index (χ3n) is 1.60. The summed E-state index contributed by atoms with van der Waals surface area (Å²) >= 11 is 0. The summed E-state index contributed by atoms with van der Waals surface area (Å²) in [5, 5.41) is 0. The van der Waals surface area contributed by atoms with Crippen LogP contribution < -0.4 is 0 Å². The predicted octanol–water partition coefficient (Wildman–Crippen LogP) is 1.43. The molecule has 0 aliphatic heterocycles. The van der Waals surface area contributed by atoms with Gasteiger partial charge in [-0.25, -0.2) is 4.79 Å². The summed E-state index contributed by atoms with van der Waals surface area (Å²) in [6.45, 7) is 5.48. The van der Waals surface area contributed by atoms with Gasteiger partial charge in [0.25, 0.3) is 0 Å². The molecule has 84 valence electrons. The minimum Gasteiger partial charge on any atom is -0.460 e. The smallest absolute Gasteiger partial charge is 0.375 e. The number of ether oxygens (including phenoxy) is 1. The Morgan fingerprint density at radius 3 is 2.27 bits per heavy atom. The topological polar surface area (TPSA) is 60.4 Å². The lowest BCUT2D eigenvalue weighted by molar-refractivity contribution is -0.154. The van der Waals surface area contributed by atoms with Crippen LogP contribution in [-0.4, -0.2) is 24.1 Å². The number of carbonyl (C=O) groups excluding carboxylic acids is 3. The number of rotatable bonds is 6. The van der Waals surface area contributed by atoms with Gasteiger partial charge in [0.1, 0.15) is 5.78 Å². The monoisotopic (exact) mass is 212 g/mol. The van der Waals surface area contributed by atoms with E-state index in [2.05, 4.69) is 4.74 Å². The second-order valence-corrected chi connectivity index (χ2v) is 3.34. The van der Waals surface area contributed by atoms with Crippen molar-refractivity contribution < 1.29 is 19.1 Å². The number of carbonyl (C=O) groups is 3. The lowest BCUT2D eigenvalue weighted by Crippen LogP contribution is -2.20. The molecule has 0 heterocycles. The average molecular weight is 212 g/mol. The molecular formula is C11H16O4. The fourth-order valence-electron chi connectivity index (χ4n) is 0.853. The largest absolute Gasteiger partial charge is 0.460 e. The van der Waals surface area contributed by atoms with Crippen molar-refractivity contribution in [3.05, 3.63) is 11.6 Å². The Hall–Kier alpha value is -1.45. The molecule has 0 saturated carbocycles. The fraction of sp³-hybridized carbons (Fsp3) is 0.545. The van der Waals surface area contributed by atoms with Crippen molar-refractivity contribution in [3.8, 4) is 0 Å². The van der Waals surface area contributed by atoms with Crippen molar-refractivity contribution >= 4 is 17.5 Å². The van der Waals surface area contributed by atoms with Gasteiger partial charge in [-0.05, 0) is 20.8 Å². The molecular weight excluding hydrogens is 196 g/mol. The zero-order chi connectivity index (χ0) is 11.8. The highest BCUT2D eigenvalue weighted by Gasteiger charge is 2.17. The van der Waals surface area contributed by atoms with E-state index in [1.54, 1.807) is 13.0 Å². The standard InChI is InChI=1S/C11H16O4/c1-4-15-11(14)10(13)7-9(12)6-5-8(2)3/h5H,4,6-7H2,1-3H3. The Morgan fingerprint density at radius 2 is 1.80 bits per heavy atom. The van der Waals surface area contributed by atoms with Crippen molar-refractivity contribution in [1.82, 2.24) is 0 Å². The quantitative estimate of drug-likeness (QED) is 0.289. The molecule has 15 heavy (non-hydrogen) atoms. The Kier molecular flexibility index (Phi) is 6.25. The summed E-state index contributed by atoms with van der Waals surface area (Å²) in [6.07, 6.45) is 1.54. The first-order valence-electron chi connectivity index (χ1n) is 4.82. The van der Waals surface area contributed by atoms with Gasteiger partial charge >= 0.3 is 5.97 Å². The molecule has 0 rings (SSSR count). The Morgan fingerprint density at radius 1 is 1.20 bits per heavy atom. The van der Waals surface area contributed by atoms with E-state index in [9.17, 15) is 14.4 Å². The molecule has 0 radical (unpaired) electrons. The van der Waals surface area contributed by atoms with Gasteiger partial charge in [-0.15, -0.1) is 0 Å². The molecule has 0 amide bonds. The predicted molar refractivity (Wildman–Crippen MR) is 55.3 cm³/mol. The van der Waals surface area contributed by atoms with Gasteiger partial charge in [-0.3, -0.25) is 9.59 Å². The number of Topliss-reactive ketones (excluding diaryl/α,β-unsaturated/α-hetero) is 2. The second kappa shape index (κ2) is 6.92. The maximum absolute atomic E-state index is 11.2. The lowest BCUT2D eigenvalue weighted by Gasteiger charge is -1.99. The summed E-state index contributed by atoms with van der Waals surface area (Å²) in [4.78, 5) is 33.1. The van der Waals surface area contributed by atoms with Gasteiger partial charge in [-0.1, -0.05) is 11.6 Å². The third kappa shape index (κ3) is 6.60. The summed E-state index contributed by atoms with van der Waals surface area (Å²) in [5.74, 6) is -1.97. The number of esters is 1. The van der Waals surface area contributed by atoms with Gasteiger partial charge < -0.3 is 4.74 Å². The molecule has 0 unspecified atom stereocenters. The second-order valence-electron chi connectivity index (χ2n) is 3.34. The van der Waals surface area contributed by atoms with E-state index in [0.29, 0.717) is 0 Å². The average Bonchev–Trinajstić information content (AvgIpc) is 2.15. The number of ketones is 2. The Labute approximate surface area is 89.3 Å². The van der Waals surface area contributed by atoms with E-state index in [0.717, 1.165) is 5.57 Å². The van der Waals surface area contributed by atoms with Crippen molar-refractivity contribution in [1.29, 1.82) is 0 Å². The Bertz CT molecular complexity index is 285. The maximum atomic E-state index is 11.2. The summed E-state index contributed by atoms with van der Waals surface area (Å²) < 4.78 is 4.47.